The van der Waals surface area contributed by atoms with Crippen molar-refractivity contribution < 1.29 is 18.3 Å². The monoisotopic (exact) mass is 345 g/mol. The molecule has 2 fully saturated rings. The van der Waals surface area contributed by atoms with Crippen molar-refractivity contribution in [2.75, 3.05) is 38.1 Å². The fourth-order valence-electron chi connectivity index (χ4n) is 2.92. The molecule has 0 amide bonds. The molecule has 0 radical (unpaired) electrons. The number of rotatable bonds is 1. The van der Waals surface area contributed by atoms with Crippen LogP contribution in [-0.4, -0.2) is 54.3 Å². The molecule has 0 unspecified atom stereocenters. The van der Waals surface area contributed by atoms with E-state index in [2.05, 4.69) is 16.9 Å². The van der Waals surface area contributed by atoms with Crippen LogP contribution < -0.4 is 4.90 Å². The maximum atomic E-state index is 12.5. The van der Waals surface area contributed by atoms with Gasteiger partial charge in [0.1, 0.15) is 5.69 Å². The van der Waals surface area contributed by atoms with Crippen LogP contribution in [-0.2, 0) is 6.18 Å². The van der Waals surface area contributed by atoms with Crippen LogP contribution >= 0.6 is 0 Å². The minimum absolute atomic E-state index is 0.0220. The summed E-state index contributed by atoms with van der Waals surface area (Å²) in [5.41, 5.74) is -0.183. The quantitative estimate of drug-likeness (QED) is 0.849. The fraction of sp³-hybridized carbons (Fsp3) is 0.706. The van der Waals surface area contributed by atoms with Gasteiger partial charge in [0, 0.05) is 38.1 Å². The van der Waals surface area contributed by atoms with Gasteiger partial charge >= 0.3 is 6.18 Å². The van der Waals surface area contributed by atoms with Crippen molar-refractivity contribution in [2.45, 2.75) is 44.4 Å². The first-order chi connectivity index (χ1) is 11.4. The average Bonchev–Trinajstić information content (AvgIpc) is 2.58. The third-order valence-electron chi connectivity index (χ3n) is 4.44. The van der Waals surface area contributed by atoms with E-state index in [-0.39, 0.29) is 6.10 Å². The number of hydrogen-bond donors (Lipinski definition) is 1. The van der Waals surface area contributed by atoms with Gasteiger partial charge in [-0.3, -0.25) is 4.98 Å². The minimum atomic E-state index is -4.36. The Bertz CT molecular complexity index is 486. The van der Waals surface area contributed by atoms with Gasteiger partial charge in [-0.1, -0.05) is 0 Å². The lowest BCUT2D eigenvalue weighted by Gasteiger charge is -2.29. The number of halogens is 3. The van der Waals surface area contributed by atoms with Crippen LogP contribution in [0.1, 0.15) is 37.8 Å². The number of aliphatic hydroxyl groups excluding tert-OH is 1. The summed E-state index contributed by atoms with van der Waals surface area (Å²) in [6.07, 6.45) is 2.01. The standard InChI is InChI=1S/C11H13F3N2.C6H13NO/c12-11(13,14)10-8-9(4-5-15-10)16-6-2-1-3-7-16;1-7-4-2-6(8)3-5-7/h4-5,8H,1-3,6-7H2;6,8H,2-5H2,1H3. The van der Waals surface area contributed by atoms with Crippen LogP contribution in [0.5, 0.6) is 0 Å². The smallest absolute Gasteiger partial charge is 0.393 e. The van der Waals surface area contributed by atoms with Crippen LogP contribution in [0, 0.1) is 0 Å². The van der Waals surface area contributed by atoms with Gasteiger partial charge in [0.15, 0.2) is 0 Å². The molecule has 0 bridgehead atoms. The highest BCUT2D eigenvalue weighted by Gasteiger charge is 2.32. The molecular weight excluding hydrogens is 319 g/mol. The van der Waals surface area contributed by atoms with Gasteiger partial charge in [0.25, 0.3) is 0 Å². The van der Waals surface area contributed by atoms with E-state index in [0.717, 1.165) is 64.3 Å². The van der Waals surface area contributed by atoms with Gasteiger partial charge in [-0.2, -0.15) is 13.2 Å². The molecule has 2 aliphatic heterocycles. The summed E-state index contributed by atoms with van der Waals surface area (Å²) < 4.78 is 37.4. The number of nitrogens with zero attached hydrogens (tertiary/aromatic N) is 3. The van der Waals surface area contributed by atoms with Crippen LogP contribution in [0.3, 0.4) is 0 Å². The average molecular weight is 345 g/mol. The molecule has 0 atom stereocenters. The van der Waals surface area contributed by atoms with Crippen molar-refractivity contribution in [3.05, 3.63) is 24.0 Å². The first-order valence-electron chi connectivity index (χ1n) is 8.51. The van der Waals surface area contributed by atoms with Crippen LogP contribution in [0.25, 0.3) is 0 Å². The van der Waals surface area contributed by atoms with Crippen molar-refractivity contribution in [1.82, 2.24) is 9.88 Å². The number of aliphatic hydroxyl groups is 1. The maximum absolute atomic E-state index is 12.5. The highest BCUT2D eigenvalue weighted by Crippen LogP contribution is 2.30. The van der Waals surface area contributed by atoms with E-state index in [1.807, 2.05) is 4.90 Å². The van der Waals surface area contributed by atoms with Gasteiger partial charge in [-0.15, -0.1) is 0 Å². The lowest BCUT2D eigenvalue weighted by molar-refractivity contribution is -0.141. The Labute approximate surface area is 141 Å². The predicted molar refractivity (Wildman–Crippen MR) is 88.0 cm³/mol. The van der Waals surface area contributed by atoms with Crippen LogP contribution in [0.2, 0.25) is 0 Å². The zero-order chi connectivity index (χ0) is 17.6. The Balaban J connectivity index is 0.000000219. The largest absolute Gasteiger partial charge is 0.433 e. The van der Waals surface area contributed by atoms with E-state index in [9.17, 15) is 13.2 Å². The fourth-order valence-corrected chi connectivity index (χ4v) is 2.92. The molecule has 0 aromatic carbocycles. The molecule has 1 aromatic heterocycles. The summed E-state index contributed by atoms with van der Waals surface area (Å²) in [5.74, 6) is 0. The number of aromatic nitrogens is 1. The molecule has 4 nitrogen and oxygen atoms in total. The number of hydrogen-bond acceptors (Lipinski definition) is 4. The Kier molecular flexibility index (Phi) is 6.86. The van der Waals surface area contributed by atoms with Crippen molar-refractivity contribution in [2.24, 2.45) is 0 Å². The summed E-state index contributed by atoms with van der Waals surface area (Å²) in [6, 6.07) is 2.77. The highest BCUT2D eigenvalue weighted by atomic mass is 19.4. The van der Waals surface area contributed by atoms with Gasteiger partial charge in [0.05, 0.1) is 6.10 Å². The first-order valence-corrected chi connectivity index (χ1v) is 8.51. The topological polar surface area (TPSA) is 39.6 Å². The van der Waals surface area contributed by atoms with Gasteiger partial charge in [-0.05, 0) is 51.3 Å². The highest BCUT2D eigenvalue weighted by molar-refractivity contribution is 5.47. The first kappa shape index (κ1) is 19.0. The second-order valence-corrected chi connectivity index (χ2v) is 6.48. The zero-order valence-electron chi connectivity index (χ0n) is 14.1. The van der Waals surface area contributed by atoms with Crippen molar-refractivity contribution in [3.63, 3.8) is 0 Å². The summed E-state index contributed by atoms with van der Waals surface area (Å²) in [7, 11) is 2.09. The maximum Gasteiger partial charge on any atom is 0.433 e. The predicted octanol–water partition coefficient (Wildman–Crippen LogP) is 3.16. The summed E-state index contributed by atoms with van der Waals surface area (Å²) >= 11 is 0. The third kappa shape index (κ3) is 5.94. The Morgan fingerprint density at radius 3 is 2.25 bits per heavy atom. The van der Waals surface area contributed by atoms with E-state index in [1.165, 1.54) is 6.20 Å². The molecule has 0 saturated carbocycles. The summed E-state index contributed by atoms with van der Waals surface area (Å²) in [6.45, 7) is 3.78. The SMILES string of the molecule is CN1CCC(O)CC1.FC(F)(F)c1cc(N2CCCCC2)ccn1. The van der Waals surface area contributed by atoms with E-state index < -0.39 is 11.9 Å². The molecule has 2 saturated heterocycles. The Morgan fingerprint density at radius 2 is 1.71 bits per heavy atom. The van der Waals surface area contributed by atoms with Gasteiger partial charge in [-0.25, -0.2) is 0 Å². The molecule has 3 heterocycles. The molecule has 0 spiro atoms. The second-order valence-electron chi connectivity index (χ2n) is 6.48. The van der Waals surface area contributed by atoms with Crippen molar-refractivity contribution in [1.29, 1.82) is 0 Å². The molecule has 1 N–H and O–H groups in total. The Morgan fingerprint density at radius 1 is 1.08 bits per heavy atom. The third-order valence-corrected chi connectivity index (χ3v) is 4.44. The Hall–Kier alpha value is -1.34. The van der Waals surface area contributed by atoms with Crippen molar-refractivity contribution in [3.8, 4) is 0 Å². The molecule has 1 aromatic rings. The molecule has 7 heteroatoms. The van der Waals surface area contributed by atoms with Gasteiger partial charge in [0.2, 0.25) is 0 Å². The van der Waals surface area contributed by atoms with Crippen molar-refractivity contribution >= 4 is 5.69 Å². The van der Waals surface area contributed by atoms with E-state index >= 15 is 0 Å². The molecular formula is C17H26F3N3O. The summed E-state index contributed by atoms with van der Waals surface area (Å²) in [4.78, 5) is 7.58. The molecule has 3 rings (SSSR count). The molecule has 0 aliphatic carbocycles. The molecule has 24 heavy (non-hydrogen) atoms. The molecule has 2 aliphatic rings. The van der Waals surface area contributed by atoms with E-state index in [1.54, 1.807) is 6.07 Å². The lowest BCUT2D eigenvalue weighted by atomic mass is 10.1. The number of likely N-dealkylation sites (tertiary alicyclic amines) is 1. The number of alkyl halides is 3. The minimum Gasteiger partial charge on any atom is -0.393 e. The zero-order valence-corrected chi connectivity index (χ0v) is 14.1. The normalized spacial score (nSPS) is 20.5. The van der Waals surface area contributed by atoms with E-state index in [0.29, 0.717) is 5.69 Å². The summed E-state index contributed by atoms with van der Waals surface area (Å²) in [5, 5.41) is 9.00. The lowest BCUT2D eigenvalue weighted by Crippen LogP contribution is -2.32. The molecule has 136 valence electrons. The number of anilines is 1. The van der Waals surface area contributed by atoms with Gasteiger partial charge < -0.3 is 14.9 Å². The van der Waals surface area contributed by atoms with Crippen LogP contribution in [0.4, 0.5) is 18.9 Å². The second kappa shape index (κ2) is 8.67. The van der Waals surface area contributed by atoms with E-state index in [4.69, 9.17) is 5.11 Å². The number of pyridine rings is 1. The van der Waals surface area contributed by atoms with Crippen LogP contribution in [0.15, 0.2) is 18.3 Å². The number of piperidine rings is 2.